The molecule has 0 spiro atoms. The van der Waals surface area contributed by atoms with Gasteiger partial charge in [0.25, 0.3) is 5.91 Å². The van der Waals surface area contributed by atoms with Crippen molar-refractivity contribution in [2.45, 2.75) is 26.4 Å². The summed E-state index contributed by atoms with van der Waals surface area (Å²) in [6, 6.07) is 7.08. The minimum absolute atomic E-state index is 0.0550. The van der Waals surface area contributed by atoms with E-state index in [-0.39, 0.29) is 17.4 Å². The van der Waals surface area contributed by atoms with E-state index in [2.05, 4.69) is 0 Å². The van der Waals surface area contributed by atoms with Gasteiger partial charge >= 0.3 is 0 Å². The maximum atomic E-state index is 12.4. The SMILES string of the molecule is CC1(C)CN(C(=O)c2ccccc2Cl)CCC1O. The second-order valence-corrected chi connectivity index (χ2v) is 5.91. The van der Waals surface area contributed by atoms with Gasteiger partial charge in [-0.25, -0.2) is 0 Å². The van der Waals surface area contributed by atoms with Gasteiger partial charge in [0.15, 0.2) is 0 Å². The number of amides is 1. The molecule has 0 bridgehead atoms. The van der Waals surface area contributed by atoms with Crippen LogP contribution in [0.25, 0.3) is 0 Å². The fourth-order valence-electron chi connectivity index (χ4n) is 2.32. The predicted octanol–water partition coefficient (Wildman–Crippen LogP) is 2.57. The molecule has 1 atom stereocenters. The fraction of sp³-hybridized carbons (Fsp3) is 0.500. The molecule has 0 saturated carbocycles. The smallest absolute Gasteiger partial charge is 0.255 e. The number of aliphatic hydroxyl groups is 1. The van der Waals surface area contributed by atoms with E-state index in [4.69, 9.17) is 11.6 Å². The Balaban J connectivity index is 2.18. The van der Waals surface area contributed by atoms with Crippen molar-refractivity contribution in [2.75, 3.05) is 13.1 Å². The zero-order valence-corrected chi connectivity index (χ0v) is 11.4. The maximum absolute atomic E-state index is 12.4. The van der Waals surface area contributed by atoms with E-state index in [9.17, 15) is 9.90 Å². The van der Waals surface area contributed by atoms with Crippen LogP contribution in [0.15, 0.2) is 24.3 Å². The number of rotatable bonds is 1. The van der Waals surface area contributed by atoms with Crippen molar-refractivity contribution in [1.29, 1.82) is 0 Å². The summed E-state index contributed by atoms with van der Waals surface area (Å²) in [5.41, 5.74) is 0.265. The highest BCUT2D eigenvalue weighted by Crippen LogP contribution is 2.30. The van der Waals surface area contributed by atoms with Gasteiger partial charge in [0.2, 0.25) is 0 Å². The molecule has 4 heteroatoms. The number of nitrogens with zero attached hydrogens (tertiary/aromatic N) is 1. The highest BCUT2D eigenvalue weighted by Gasteiger charge is 2.36. The Hall–Kier alpha value is -1.06. The van der Waals surface area contributed by atoms with Gasteiger partial charge in [0.05, 0.1) is 16.7 Å². The van der Waals surface area contributed by atoms with Crippen molar-refractivity contribution < 1.29 is 9.90 Å². The standard InChI is InChI=1S/C14H18ClNO2/c1-14(2)9-16(8-7-12(14)17)13(18)10-5-3-4-6-11(10)15/h3-6,12,17H,7-9H2,1-2H3. The van der Waals surface area contributed by atoms with Crippen LogP contribution in [0.1, 0.15) is 30.6 Å². The Bertz CT molecular complexity index is 459. The van der Waals surface area contributed by atoms with Crippen molar-refractivity contribution in [1.82, 2.24) is 4.90 Å². The van der Waals surface area contributed by atoms with E-state index >= 15 is 0 Å². The summed E-state index contributed by atoms with van der Waals surface area (Å²) in [6.07, 6.45) is 0.260. The molecule has 98 valence electrons. The summed E-state index contributed by atoms with van der Waals surface area (Å²) >= 11 is 6.04. The summed E-state index contributed by atoms with van der Waals surface area (Å²) in [7, 11) is 0. The molecule has 1 aliphatic rings. The summed E-state index contributed by atoms with van der Waals surface area (Å²) in [5.74, 6) is -0.0550. The van der Waals surface area contributed by atoms with Crippen molar-refractivity contribution in [2.24, 2.45) is 5.41 Å². The van der Waals surface area contributed by atoms with Crippen molar-refractivity contribution in [3.63, 3.8) is 0 Å². The molecule has 18 heavy (non-hydrogen) atoms. The number of halogens is 1. The van der Waals surface area contributed by atoms with Gasteiger partial charge in [-0.2, -0.15) is 0 Å². The molecule has 1 heterocycles. The predicted molar refractivity (Wildman–Crippen MR) is 71.8 cm³/mol. The molecule has 1 saturated heterocycles. The van der Waals surface area contributed by atoms with Crippen LogP contribution < -0.4 is 0 Å². The van der Waals surface area contributed by atoms with Gasteiger partial charge in [-0.3, -0.25) is 4.79 Å². The molecule has 1 N–H and O–H groups in total. The van der Waals surface area contributed by atoms with E-state index in [1.165, 1.54) is 0 Å². The molecule has 2 rings (SSSR count). The zero-order chi connectivity index (χ0) is 13.3. The molecule has 1 fully saturated rings. The number of likely N-dealkylation sites (tertiary alicyclic amines) is 1. The minimum Gasteiger partial charge on any atom is -0.392 e. The first kappa shape index (κ1) is 13.4. The zero-order valence-electron chi connectivity index (χ0n) is 10.7. The maximum Gasteiger partial charge on any atom is 0.255 e. The van der Waals surface area contributed by atoms with Gasteiger partial charge in [-0.1, -0.05) is 37.6 Å². The minimum atomic E-state index is -0.354. The van der Waals surface area contributed by atoms with Crippen LogP contribution in [-0.4, -0.2) is 35.1 Å². The second-order valence-electron chi connectivity index (χ2n) is 5.50. The third kappa shape index (κ3) is 2.52. The van der Waals surface area contributed by atoms with Crippen molar-refractivity contribution in [3.05, 3.63) is 34.9 Å². The van der Waals surface area contributed by atoms with Crippen molar-refractivity contribution >= 4 is 17.5 Å². The Morgan fingerprint density at radius 2 is 2.11 bits per heavy atom. The van der Waals surface area contributed by atoms with E-state index in [0.717, 1.165) is 0 Å². The Kier molecular flexibility index (Phi) is 3.64. The lowest BCUT2D eigenvalue weighted by molar-refractivity contribution is -0.0182. The van der Waals surface area contributed by atoms with Crippen molar-refractivity contribution in [3.8, 4) is 0 Å². The number of carbonyl (C=O) groups excluding carboxylic acids is 1. The quantitative estimate of drug-likeness (QED) is 0.850. The molecule has 1 aromatic rings. The summed E-state index contributed by atoms with van der Waals surface area (Å²) in [6.45, 7) is 5.08. The van der Waals surface area contributed by atoms with E-state index in [0.29, 0.717) is 30.1 Å². The van der Waals surface area contributed by atoms with Gasteiger partial charge < -0.3 is 10.0 Å². The number of aliphatic hydroxyl groups excluding tert-OH is 1. The summed E-state index contributed by atoms with van der Waals surface area (Å²) < 4.78 is 0. The second kappa shape index (κ2) is 4.90. The van der Waals surface area contributed by atoms with Gasteiger partial charge in [-0.05, 0) is 18.6 Å². The third-order valence-electron chi connectivity index (χ3n) is 3.56. The molecule has 1 amide bonds. The van der Waals surface area contributed by atoms with E-state index in [1.807, 2.05) is 26.0 Å². The van der Waals surface area contributed by atoms with Crippen LogP contribution in [0.5, 0.6) is 0 Å². The van der Waals surface area contributed by atoms with Crippen LogP contribution in [0.2, 0.25) is 5.02 Å². The molecular weight excluding hydrogens is 250 g/mol. The lowest BCUT2D eigenvalue weighted by atomic mass is 9.81. The first-order valence-corrected chi connectivity index (χ1v) is 6.51. The summed E-state index contributed by atoms with van der Waals surface area (Å²) in [4.78, 5) is 14.1. The largest absolute Gasteiger partial charge is 0.392 e. The average molecular weight is 268 g/mol. The topological polar surface area (TPSA) is 40.5 Å². The molecule has 0 aliphatic carbocycles. The Labute approximate surface area is 112 Å². The highest BCUT2D eigenvalue weighted by atomic mass is 35.5. The molecule has 0 aromatic heterocycles. The van der Waals surface area contributed by atoms with Crippen LogP contribution in [0, 0.1) is 5.41 Å². The Morgan fingerprint density at radius 1 is 1.44 bits per heavy atom. The van der Waals surface area contributed by atoms with Crippen LogP contribution >= 0.6 is 11.6 Å². The number of piperidine rings is 1. The van der Waals surface area contributed by atoms with Gasteiger partial charge in [0, 0.05) is 18.5 Å². The number of hydrogen-bond donors (Lipinski definition) is 1. The first-order chi connectivity index (χ1) is 8.42. The number of carbonyl (C=O) groups is 1. The van der Waals surface area contributed by atoms with Crippen LogP contribution in [-0.2, 0) is 0 Å². The number of hydrogen-bond acceptors (Lipinski definition) is 2. The van der Waals surface area contributed by atoms with E-state index in [1.54, 1.807) is 17.0 Å². The molecule has 3 nitrogen and oxygen atoms in total. The van der Waals surface area contributed by atoms with Gasteiger partial charge in [-0.15, -0.1) is 0 Å². The lowest BCUT2D eigenvalue weighted by Crippen LogP contribution is -2.50. The normalized spacial score (nSPS) is 22.9. The first-order valence-electron chi connectivity index (χ1n) is 6.14. The Morgan fingerprint density at radius 3 is 2.72 bits per heavy atom. The molecule has 1 aliphatic heterocycles. The molecule has 1 aromatic carbocycles. The van der Waals surface area contributed by atoms with Gasteiger partial charge in [0.1, 0.15) is 0 Å². The van der Waals surface area contributed by atoms with E-state index < -0.39 is 0 Å². The number of benzene rings is 1. The van der Waals surface area contributed by atoms with Crippen LogP contribution in [0.3, 0.4) is 0 Å². The summed E-state index contributed by atoms with van der Waals surface area (Å²) in [5, 5.41) is 10.4. The lowest BCUT2D eigenvalue weighted by Gasteiger charge is -2.41. The molecular formula is C14H18ClNO2. The average Bonchev–Trinajstić information content (AvgIpc) is 2.32. The monoisotopic (exact) mass is 267 g/mol. The fourth-order valence-corrected chi connectivity index (χ4v) is 2.54. The molecule has 1 unspecified atom stereocenters. The third-order valence-corrected chi connectivity index (χ3v) is 3.89. The van der Waals surface area contributed by atoms with Crippen LogP contribution in [0.4, 0.5) is 0 Å². The molecule has 0 radical (unpaired) electrons. The highest BCUT2D eigenvalue weighted by molar-refractivity contribution is 6.33.